The minimum absolute atomic E-state index is 0.0494. The number of anilines is 1. The van der Waals surface area contributed by atoms with Crippen LogP contribution in [0.15, 0.2) is 35.7 Å². The second-order valence-corrected chi connectivity index (χ2v) is 8.20. The number of aliphatic hydroxyl groups excluding tert-OH is 2. The number of piperidine rings is 1. The Kier molecular flexibility index (Phi) is 5.09. The molecule has 2 aliphatic rings. The Morgan fingerprint density at radius 3 is 2.96 bits per heavy atom. The number of likely N-dealkylation sites (tertiary alicyclic amines) is 1. The maximum Gasteiger partial charge on any atom is 0.224 e. The minimum Gasteiger partial charge on any atom is -0.391 e. The van der Waals surface area contributed by atoms with E-state index in [0.29, 0.717) is 25.9 Å². The molecule has 0 unspecified atom stereocenters. The van der Waals surface area contributed by atoms with Gasteiger partial charge in [-0.3, -0.25) is 9.69 Å². The number of β-amino-alcohol motifs (C(OH)–C–C–N with tert-alkyl or cyclic N) is 2. The largest absolute Gasteiger partial charge is 0.391 e. The third kappa shape index (κ3) is 3.69. The fourth-order valence-corrected chi connectivity index (χ4v) is 4.88. The van der Waals surface area contributed by atoms with Gasteiger partial charge in [-0.15, -0.1) is 11.3 Å². The summed E-state index contributed by atoms with van der Waals surface area (Å²) in [7, 11) is 0. The summed E-state index contributed by atoms with van der Waals surface area (Å²) in [5.41, 5.74) is 2.80. The van der Waals surface area contributed by atoms with E-state index in [1.165, 1.54) is 4.88 Å². The first-order valence-corrected chi connectivity index (χ1v) is 10.0. The average Bonchev–Trinajstić information content (AvgIpc) is 3.15. The number of aliphatic hydroxyl groups is 2. The summed E-state index contributed by atoms with van der Waals surface area (Å²) in [6.45, 7) is 1.97. The Labute approximate surface area is 157 Å². The van der Waals surface area contributed by atoms with Gasteiger partial charge in [0.25, 0.3) is 0 Å². The second-order valence-electron chi connectivity index (χ2n) is 7.22. The lowest BCUT2D eigenvalue weighted by Crippen LogP contribution is -2.44. The molecule has 0 bridgehead atoms. The maximum atomic E-state index is 11.5. The summed E-state index contributed by atoms with van der Waals surface area (Å²) < 4.78 is 0. The molecule has 4 rings (SSSR count). The molecule has 1 amide bonds. The summed E-state index contributed by atoms with van der Waals surface area (Å²) in [4.78, 5) is 14.8. The molecular weight excluding hydrogens is 348 g/mol. The van der Waals surface area contributed by atoms with E-state index in [2.05, 4.69) is 21.7 Å². The summed E-state index contributed by atoms with van der Waals surface area (Å²) in [5.74, 6) is 0.254. The lowest BCUT2D eigenvalue weighted by atomic mass is 9.92. The first kappa shape index (κ1) is 17.7. The lowest BCUT2D eigenvalue weighted by molar-refractivity contribution is -0.116. The van der Waals surface area contributed by atoms with Gasteiger partial charge >= 0.3 is 0 Å². The number of benzene rings is 1. The van der Waals surface area contributed by atoms with E-state index in [0.717, 1.165) is 29.8 Å². The van der Waals surface area contributed by atoms with Crippen LogP contribution in [0.5, 0.6) is 0 Å². The molecule has 0 saturated carbocycles. The molecule has 0 aliphatic carbocycles. The summed E-state index contributed by atoms with van der Waals surface area (Å²) in [6, 6.07) is 9.87. The Morgan fingerprint density at radius 1 is 1.31 bits per heavy atom. The number of aryl methyl sites for hydroxylation is 1. The fraction of sp³-hybridized carbons (Fsp3) is 0.450. The molecule has 2 aliphatic heterocycles. The van der Waals surface area contributed by atoms with Crippen molar-refractivity contribution < 1.29 is 15.0 Å². The highest BCUT2D eigenvalue weighted by atomic mass is 32.1. The molecule has 26 heavy (non-hydrogen) atoms. The molecule has 1 fully saturated rings. The number of nitrogens with one attached hydrogen (secondary N) is 1. The van der Waals surface area contributed by atoms with Crippen molar-refractivity contribution in [3.05, 3.63) is 51.7 Å². The van der Waals surface area contributed by atoms with E-state index in [1.54, 1.807) is 11.3 Å². The van der Waals surface area contributed by atoms with Crippen LogP contribution in [0.25, 0.3) is 0 Å². The van der Waals surface area contributed by atoms with Crippen LogP contribution in [-0.4, -0.2) is 46.8 Å². The van der Waals surface area contributed by atoms with E-state index in [4.69, 9.17) is 0 Å². The van der Waals surface area contributed by atoms with Crippen molar-refractivity contribution in [2.75, 3.05) is 25.0 Å². The number of carbonyl (C=O) groups excluding carboxylic acids is 1. The highest BCUT2D eigenvalue weighted by Gasteiger charge is 2.30. The predicted molar refractivity (Wildman–Crippen MR) is 102 cm³/mol. The van der Waals surface area contributed by atoms with Gasteiger partial charge in [-0.2, -0.15) is 0 Å². The zero-order valence-electron chi connectivity index (χ0n) is 14.6. The molecule has 1 aromatic carbocycles. The molecule has 0 radical (unpaired) electrons. The Balaban J connectivity index is 1.38. The van der Waals surface area contributed by atoms with E-state index < -0.39 is 12.2 Å². The average molecular weight is 372 g/mol. The molecule has 3 heterocycles. The third-order valence-electron chi connectivity index (χ3n) is 5.42. The molecule has 1 saturated heterocycles. The van der Waals surface area contributed by atoms with Gasteiger partial charge in [0.15, 0.2) is 0 Å². The van der Waals surface area contributed by atoms with Gasteiger partial charge in [-0.25, -0.2) is 0 Å². The van der Waals surface area contributed by atoms with E-state index >= 15 is 0 Å². The molecule has 1 aromatic heterocycles. The van der Waals surface area contributed by atoms with E-state index in [1.807, 2.05) is 24.3 Å². The minimum atomic E-state index is -0.594. The van der Waals surface area contributed by atoms with Crippen LogP contribution in [0.4, 0.5) is 5.69 Å². The van der Waals surface area contributed by atoms with Crippen molar-refractivity contribution in [3.63, 3.8) is 0 Å². The molecular formula is C20H24N2O3S. The standard InChI is InChI=1S/C20H24N2O3S/c23-17(14-3-5-16-13(10-14)4-6-20(25)21-16)11-22-8-7-15(18(24)12-22)19-2-1-9-26-19/h1-3,5,9-10,15,17-18,23-24H,4,6-8,11-12H2,(H,21,25)/t15-,17-,18-/m0/s1. The molecule has 2 aromatic rings. The molecule has 3 atom stereocenters. The monoisotopic (exact) mass is 372 g/mol. The number of amides is 1. The molecule has 3 N–H and O–H groups in total. The van der Waals surface area contributed by atoms with Crippen molar-refractivity contribution in [1.82, 2.24) is 4.90 Å². The van der Waals surface area contributed by atoms with Gasteiger partial charge < -0.3 is 15.5 Å². The second kappa shape index (κ2) is 7.48. The predicted octanol–water partition coefficient (Wildman–Crippen LogP) is 2.52. The third-order valence-corrected chi connectivity index (χ3v) is 6.42. The zero-order valence-corrected chi connectivity index (χ0v) is 15.4. The van der Waals surface area contributed by atoms with E-state index in [9.17, 15) is 15.0 Å². The van der Waals surface area contributed by atoms with Crippen LogP contribution < -0.4 is 5.32 Å². The molecule has 138 valence electrons. The quantitative estimate of drug-likeness (QED) is 0.771. The van der Waals surface area contributed by atoms with Crippen molar-refractivity contribution in [1.29, 1.82) is 0 Å². The number of rotatable bonds is 4. The first-order valence-electron chi connectivity index (χ1n) is 9.14. The maximum absolute atomic E-state index is 11.5. The lowest BCUT2D eigenvalue weighted by Gasteiger charge is -2.36. The summed E-state index contributed by atoms with van der Waals surface area (Å²) in [5, 5.41) is 26.1. The van der Waals surface area contributed by atoms with Gasteiger partial charge in [0.2, 0.25) is 5.91 Å². The molecule has 5 nitrogen and oxygen atoms in total. The van der Waals surface area contributed by atoms with Crippen LogP contribution in [0.3, 0.4) is 0 Å². The SMILES string of the molecule is O=C1CCc2cc([C@@H](O)CN3CC[C@H](c4cccs4)[C@@H](O)C3)ccc2N1. The highest BCUT2D eigenvalue weighted by molar-refractivity contribution is 7.10. The van der Waals surface area contributed by atoms with Gasteiger partial charge in [0, 0.05) is 36.0 Å². The number of carbonyl (C=O) groups is 1. The van der Waals surface area contributed by atoms with Crippen molar-refractivity contribution in [2.45, 2.75) is 37.4 Å². The summed E-state index contributed by atoms with van der Waals surface area (Å²) >= 11 is 1.70. The van der Waals surface area contributed by atoms with Gasteiger partial charge in [-0.1, -0.05) is 18.2 Å². The first-order chi connectivity index (χ1) is 12.6. The van der Waals surface area contributed by atoms with Crippen molar-refractivity contribution >= 4 is 22.9 Å². The number of nitrogens with zero attached hydrogens (tertiary/aromatic N) is 1. The molecule has 0 spiro atoms. The van der Waals surface area contributed by atoms with Crippen LogP contribution in [0, 0.1) is 0 Å². The zero-order chi connectivity index (χ0) is 18.1. The number of hydrogen-bond acceptors (Lipinski definition) is 5. The Morgan fingerprint density at radius 2 is 2.19 bits per heavy atom. The van der Waals surface area contributed by atoms with Crippen molar-refractivity contribution in [2.24, 2.45) is 0 Å². The normalized spacial score (nSPS) is 24.8. The highest BCUT2D eigenvalue weighted by Crippen LogP contribution is 2.32. The van der Waals surface area contributed by atoms with Crippen LogP contribution in [0.2, 0.25) is 0 Å². The smallest absolute Gasteiger partial charge is 0.224 e. The summed E-state index contributed by atoms with van der Waals surface area (Å²) in [6.07, 6.45) is 1.13. The van der Waals surface area contributed by atoms with Crippen LogP contribution >= 0.6 is 11.3 Å². The Hall–Kier alpha value is -1.73. The van der Waals surface area contributed by atoms with Crippen molar-refractivity contribution in [3.8, 4) is 0 Å². The fourth-order valence-electron chi connectivity index (χ4n) is 3.96. The van der Waals surface area contributed by atoms with Gasteiger partial charge in [-0.05, 0) is 48.0 Å². The van der Waals surface area contributed by atoms with Crippen LogP contribution in [0.1, 0.15) is 40.9 Å². The number of hydrogen-bond donors (Lipinski definition) is 3. The van der Waals surface area contributed by atoms with Gasteiger partial charge in [0.05, 0.1) is 12.2 Å². The number of thiophene rings is 1. The Bertz CT molecular complexity index is 777. The van der Waals surface area contributed by atoms with Gasteiger partial charge in [0.1, 0.15) is 0 Å². The molecule has 6 heteroatoms. The number of fused-ring (bicyclic) bond motifs is 1. The topological polar surface area (TPSA) is 72.8 Å². The van der Waals surface area contributed by atoms with E-state index in [-0.39, 0.29) is 11.8 Å². The van der Waals surface area contributed by atoms with Crippen LogP contribution in [-0.2, 0) is 11.2 Å².